The summed E-state index contributed by atoms with van der Waals surface area (Å²) in [6.07, 6.45) is 7.90. The van der Waals surface area contributed by atoms with Gasteiger partial charge in [0.1, 0.15) is 11.5 Å². The number of nitro benzene ring substituents is 1. The van der Waals surface area contributed by atoms with Gasteiger partial charge in [0.25, 0.3) is 5.69 Å². The Balaban J connectivity index is 1.72. The lowest BCUT2D eigenvalue weighted by Gasteiger charge is -2.15. The van der Waals surface area contributed by atoms with E-state index in [1.807, 2.05) is 12.1 Å². The van der Waals surface area contributed by atoms with Gasteiger partial charge >= 0.3 is 0 Å². The number of hydrogen-bond donors (Lipinski definition) is 2. The summed E-state index contributed by atoms with van der Waals surface area (Å²) in [6, 6.07) is 10.2. The zero-order valence-electron chi connectivity index (χ0n) is 15.5. The third kappa shape index (κ3) is 4.60. The molecular weight excluding hydrogens is 392 g/mol. The smallest absolute Gasteiger partial charge is 0.292 e. The van der Waals surface area contributed by atoms with Crippen molar-refractivity contribution < 1.29 is 4.92 Å². The predicted octanol–water partition coefficient (Wildman–Crippen LogP) is 5.20. The number of rotatable bonds is 6. The summed E-state index contributed by atoms with van der Waals surface area (Å²) in [7, 11) is 0. The van der Waals surface area contributed by atoms with Crippen molar-refractivity contribution >= 4 is 34.7 Å². The van der Waals surface area contributed by atoms with Gasteiger partial charge in [0.05, 0.1) is 10.6 Å². The number of pyridine rings is 1. The van der Waals surface area contributed by atoms with Crippen LogP contribution in [0.1, 0.15) is 25.7 Å². The van der Waals surface area contributed by atoms with Gasteiger partial charge in [-0.1, -0.05) is 24.4 Å². The molecule has 29 heavy (non-hydrogen) atoms. The molecule has 1 fully saturated rings. The second-order valence-electron chi connectivity index (χ2n) is 6.87. The minimum Gasteiger partial charge on any atom is -0.351 e. The molecular formula is C20H19ClN6O2. The Morgan fingerprint density at radius 2 is 1.83 bits per heavy atom. The van der Waals surface area contributed by atoms with Gasteiger partial charge in [0.15, 0.2) is 0 Å². The quantitative estimate of drug-likeness (QED) is 0.425. The number of nitrogens with one attached hydrogen (secondary N) is 2. The van der Waals surface area contributed by atoms with Crippen molar-refractivity contribution in [2.75, 3.05) is 10.6 Å². The van der Waals surface area contributed by atoms with Gasteiger partial charge in [-0.2, -0.15) is 4.98 Å². The van der Waals surface area contributed by atoms with Crippen LogP contribution in [0.4, 0.5) is 23.1 Å². The van der Waals surface area contributed by atoms with E-state index in [1.54, 1.807) is 18.5 Å². The zero-order valence-corrected chi connectivity index (χ0v) is 16.3. The third-order valence-corrected chi connectivity index (χ3v) is 5.04. The fourth-order valence-corrected chi connectivity index (χ4v) is 3.58. The Hall–Kier alpha value is -3.26. The molecule has 0 saturated heterocycles. The molecule has 0 unspecified atom stereocenters. The number of anilines is 3. The van der Waals surface area contributed by atoms with Crippen LogP contribution in [-0.2, 0) is 0 Å². The molecule has 9 heteroatoms. The van der Waals surface area contributed by atoms with E-state index in [4.69, 9.17) is 11.6 Å². The number of hydrogen-bond acceptors (Lipinski definition) is 7. The zero-order chi connectivity index (χ0) is 20.2. The highest BCUT2D eigenvalue weighted by Gasteiger charge is 2.18. The van der Waals surface area contributed by atoms with Crippen LogP contribution in [0.15, 0.2) is 48.8 Å². The lowest BCUT2D eigenvalue weighted by molar-refractivity contribution is -0.383. The molecule has 2 aromatic heterocycles. The number of nitro groups is 1. The minimum absolute atomic E-state index is 0.0798. The lowest BCUT2D eigenvalue weighted by atomic mass is 10.2. The van der Waals surface area contributed by atoms with Gasteiger partial charge in [-0.25, -0.2) is 4.98 Å². The van der Waals surface area contributed by atoms with Crippen LogP contribution in [0, 0.1) is 10.1 Å². The van der Waals surface area contributed by atoms with Crippen LogP contribution in [0.3, 0.4) is 0 Å². The molecule has 0 aliphatic heterocycles. The lowest BCUT2D eigenvalue weighted by Crippen LogP contribution is -2.17. The molecule has 0 radical (unpaired) electrons. The van der Waals surface area contributed by atoms with Crippen LogP contribution < -0.4 is 10.6 Å². The van der Waals surface area contributed by atoms with Gasteiger partial charge < -0.3 is 10.6 Å². The number of aromatic nitrogens is 3. The first-order chi connectivity index (χ1) is 14.1. The SMILES string of the molecule is O=[N+]([O-])c1ccc(Cl)cc1Nc1cc(-c2ccncc2)nc(NC2CCCC2)n1. The molecule has 1 saturated carbocycles. The highest BCUT2D eigenvalue weighted by atomic mass is 35.5. The fraction of sp³-hybridized carbons (Fsp3) is 0.250. The standard InChI is InChI=1S/C20H19ClN6O2/c21-14-5-6-18(27(28)29)17(11-14)24-19-12-16(13-7-9-22-10-8-13)25-20(26-19)23-15-3-1-2-4-15/h5-12,15H,1-4H2,(H2,23,24,25,26). The van der Waals surface area contributed by atoms with Crippen LogP contribution in [-0.4, -0.2) is 25.9 Å². The van der Waals surface area contributed by atoms with Crippen molar-refractivity contribution in [3.63, 3.8) is 0 Å². The molecule has 0 atom stereocenters. The second-order valence-corrected chi connectivity index (χ2v) is 7.30. The van der Waals surface area contributed by atoms with Crippen molar-refractivity contribution in [2.24, 2.45) is 0 Å². The molecule has 0 bridgehead atoms. The highest BCUT2D eigenvalue weighted by molar-refractivity contribution is 6.31. The Bertz CT molecular complexity index is 1020. The van der Waals surface area contributed by atoms with Crippen molar-refractivity contribution in [1.29, 1.82) is 0 Å². The van der Waals surface area contributed by atoms with E-state index in [9.17, 15) is 10.1 Å². The molecule has 3 aromatic rings. The van der Waals surface area contributed by atoms with Crippen LogP contribution in [0.5, 0.6) is 0 Å². The Morgan fingerprint density at radius 1 is 1.07 bits per heavy atom. The van der Waals surface area contributed by atoms with Gasteiger partial charge in [-0.15, -0.1) is 0 Å². The maximum Gasteiger partial charge on any atom is 0.292 e. The molecule has 1 aliphatic carbocycles. The van der Waals surface area contributed by atoms with Crippen molar-refractivity contribution in [2.45, 2.75) is 31.7 Å². The first kappa shape index (κ1) is 19.1. The molecule has 4 rings (SSSR count). The van der Waals surface area contributed by atoms with E-state index in [0.29, 0.717) is 28.5 Å². The number of benzene rings is 1. The van der Waals surface area contributed by atoms with E-state index >= 15 is 0 Å². The van der Waals surface area contributed by atoms with E-state index < -0.39 is 4.92 Å². The van der Waals surface area contributed by atoms with Gasteiger partial charge in [-0.3, -0.25) is 15.1 Å². The average molecular weight is 411 g/mol. The van der Waals surface area contributed by atoms with Gasteiger partial charge in [-0.05, 0) is 37.1 Å². The molecule has 0 amide bonds. The fourth-order valence-electron chi connectivity index (χ4n) is 3.40. The first-order valence-electron chi connectivity index (χ1n) is 9.35. The minimum atomic E-state index is -0.457. The monoisotopic (exact) mass is 410 g/mol. The van der Waals surface area contributed by atoms with Gasteiger partial charge in [0.2, 0.25) is 5.95 Å². The maximum atomic E-state index is 11.4. The van der Waals surface area contributed by atoms with E-state index in [2.05, 4.69) is 25.6 Å². The van der Waals surface area contributed by atoms with Crippen LogP contribution in [0.2, 0.25) is 5.02 Å². The van der Waals surface area contributed by atoms with E-state index in [-0.39, 0.29) is 11.4 Å². The van der Waals surface area contributed by atoms with Crippen LogP contribution >= 0.6 is 11.6 Å². The molecule has 2 N–H and O–H groups in total. The van der Waals surface area contributed by atoms with Crippen molar-refractivity contribution in [3.8, 4) is 11.3 Å². The largest absolute Gasteiger partial charge is 0.351 e. The molecule has 1 aromatic carbocycles. The maximum absolute atomic E-state index is 11.4. The summed E-state index contributed by atoms with van der Waals surface area (Å²) in [5.74, 6) is 0.927. The summed E-state index contributed by atoms with van der Waals surface area (Å²) in [4.78, 5) is 24.1. The van der Waals surface area contributed by atoms with Crippen molar-refractivity contribution in [1.82, 2.24) is 15.0 Å². The highest BCUT2D eigenvalue weighted by Crippen LogP contribution is 2.31. The van der Waals surface area contributed by atoms with Gasteiger partial charge in [0, 0.05) is 41.2 Å². The van der Waals surface area contributed by atoms with E-state index in [0.717, 1.165) is 18.4 Å². The summed E-state index contributed by atoms with van der Waals surface area (Å²) in [5, 5.41) is 18.2. The second kappa shape index (κ2) is 8.40. The Kier molecular flexibility index (Phi) is 5.53. The predicted molar refractivity (Wildman–Crippen MR) is 113 cm³/mol. The summed E-state index contributed by atoms with van der Waals surface area (Å²) < 4.78 is 0. The normalized spacial score (nSPS) is 14.0. The molecule has 1 aliphatic rings. The summed E-state index contributed by atoms with van der Waals surface area (Å²) >= 11 is 6.04. The molecule has 2 heterocycles. The summed E-state index contributed by atoms with van der Waals surface area (Å²) in [6.45, 7) is 0. The van der Waals surface area contributed by atoms with E-state index in [1.165, 1.54) is 31.0 Å². The average Bonchev–Trinajstić information content (AvgIpc) is 3.21. The Morgan fingerprint density at radius 3 is 2.55 bits per heavy atom. The molecule has 8 nitrogen and oxygen atoms in total. The summed E-state index contributed by atoms with van der Waals surface area (Å²) in [5.41, 5.74) is 1.76. The Labute approximate surface area is 172 Å². The number of halogens is 1. The number of nitrogens with zero attached hydrogens (tertiary/aromatic N) is 4. The first-order valence-corrected chi connectivity index (χ1v) is 9.73. The van der Waals surface area contributed by atoms with Crippen molar-refractivity contribution in [3.05, 3.63) is 63.9 Å². The van der Waals surface area contributed by atoms with Crippen LogP contribution in [0.25, 0.3) is 11.3 Å². The third-order valence-electron chi connectivity index (χ3n) is 4.81. The molecule has 148 valence electrons. The topological polar surface area (TPSA) is 106 Å². The molecule has 0 spiro atoms.